The number of esters is 1. The van der Waals surface area contributed by atoms with E-state index in [2.05, 4.69) is 16.8 Å². The fourth-order valence-electron chi connectivity index (χ4n) is 2.52. The van der Waals surface area contributed by atoms with Gasteiger partial charge in [-0.3, -0.25) is 9.59 Å². The molecule has 22 heavy (non-hydrogen) atoms. The van der Waals surface area contributed by atoms with E-state index in [-0.39, 0.29) is 5.97 Å². The third-order valence-corrected chi connectivity index (χ3v) is 3.57. The highest BCUT2D eigenvalue weighted by Crippen LogP contribution is 2.24. The number of aromatic nitrogens is 1. The van der Waals surface area contributed by atoms with Crippen LogP contribution in [0.1, 0.15) is 37.0 Å². The van der Waals surface area contributed by atoms with Crippen molar-refractivity contribution in [2.75, 3.05) is 24.6 Å². The molecular formula is C17H22N2O3. The normalized spacial score (nSPS) is 10.6. The number of fused-ring (bicyclic) bond motifs is 1. The molecule has 1 N–H and O–H groups in total. The topological polar surface area (TPSA) is 62.4 Å². The first-order chi connectivity index (χ1) is 10.7. The van der Waals surface area contributed by atoms with Gasteiger partial charge in [0.1, 0.15) is 0 Å². The maximum absolute atomic E-state index is 11.6. The fourth-order valence-corrected chi connectivity index (χ4v) is 2.52. The lowest BCUT2D eigenvalue weighted by Crippen LogP contribution is -2.27. The van der Waals surface area contributed by atoms with E-state index in [9.17, 15) is 9.59 Å². The Morgan fingerprint density at radius 1 is 1.32 bits per heavy atom. The van der Waals surface area contributed by atoms with Crippen LogP contribution in [0.25, 0.3) is 10.9 Å². The number of carbonyl (C=O) groups excluding carboxylic acids is 2. The summed E-state index contributed by atoms with van der Waals surface area (Å²) < 4.78 is 4.98. The smallest absolute Gasteiger partial charge is 0.307 e. The van der Waals surface area contributed by atoms with Crippen molar-refractivity contribution >= 4 is 28.8 Å². The van der Waals surface area contributed by atoms with Crippen LogP contribution < -0.4 is 4.90 Å². The summed E-state index contributed by atoms with van der Waals surface area (Å²) in [7, 11) is 0. The van der Waals surface area contributed by atoms with E-state index in [1.54, 1.807) is 6.20 Å². The van der Waals surface area contributed by atoms with Gasteiger partial charge in [0.05, 0.1) is 13.0 Å². The molecule has 0 radical (unpaired) electrons. The van der Waals surface area contributed by atoms with Crippen LogP contribution in [-0.4, -0.2) is 36.9 Å². The number of hydrogen-bond donors (Lipinski definition) is 1. The molecule has 0 atom stereocenters. The predicted molar refractivity (Wildman–Crippen MR) is 87.4 cm³/mol. The van der Waals surface area contributed by atoms with Gasteiger partial charge in [-0.1, -0.05) is 6.92 Å². The predicted octanol–water partition coefficient (Wildman–Crippen LogP) is 3.15. The lowest BCUT2D eigenvalue weighted by Gasteiger charge is -2.24. The average molecular weight is 302 g/mol. The molecule has 5 heteroatoms. The number of aldehydes is 1. The van der Waals surface area contributed by atoms with Gasteiger partial charge in [-0.2, -0.15) is 0 Å². The summed E-state index contributed by atoms with van der Waals surface area (Å²) in [6.45, 7) is 5.78. The zero-order valence-electron chi connectivity index (χ0n) is 13.1. The number of aromatic amines is 1. The summed E-state index contributed by atoms with van der Waals surface area (Å²) in [6.07, 6.45) is 3.91. The Hall–Kier alpha value is -2.30. The maximum Gasteiger partial charge on any atom is 0.307 e. The molecule has 0 bridgehead atoms. The number of H-pyrrole nitrogens is 1. The molecule has 0 saturated heterocycles. The van der Waals surface area contributed by atoms with Crippen LogP contribution in [0.5, 0.6) is 0 Å². The number of benzene rings is 1. The molecule has 0 aliphatic heterocycles. The summed E-state index contributed by atoms with van der Waals surface area (Å²) >= 11 is 0. The van der Waals surface area contributed by atoms with Crippen LogP contribution in [0.3, 0.4) is 0 Å². The first-order valence-corrected chi connectivity index (χ1v) is 7.66. The van der Waals surface area contributed by atoms with Gasteiger partial charge in [0, 0.05) is 41.4 Å². The van der Waals surface area contributed by atoms with E-state index in [0.717, 1.165) is 35.8 Å². The molecule has 0 saturated carbocycles. The van der Waals surface area contributed by atoms with Crippen LogP contribution in [0, 0.1) is 0 Å². The number of rotatable bonds is 8. The Morgan fingerprint density at radius 3 is 2.82 bits per heavy atom. The Labute approximate surface area is 130 Å². The van der Waals surface area contributed by atoms with Gasteiger partial charge in [0.15, 0.2) is 6.29 Å². The molecule has 0 amide bonds. The molecule has 1 aromatic heterocycles. The van der Waals surface area contributed by atoms with Gasteiger partial charge in [-0.05, 0) is 31.5 Å². The van der Waals surface area contributed by atoms with Crippen LogP contribution in [0.4, 0.5) is 5.69 Å². The molecule has 0 spiro atoms. The van der Waals surface area contributed by atoms with Gasteiger partial charge in [-0.25, -0.2) is 0 Å². The Kier molecular flexibility index (Phi) is 5.58. The average Bonchev–Trinajstić information content (AvgIpc) is 2.93. The van der Waals surface area contributed by atoms with E-state index in [0.29, 0.717) is 25.1 Å². The molecular weight excluding hydrogens is 280 g/mol. The molecule has 118 valence electrons. The van der Waals surface area contributed by atoms with Crippen molar-refractivity contribution in [3.8, 4) is 0 Å². The van der Waals surface area contributed by atoms with Gasteiger partial charge in [-0.15, -0.1) is 0 Å². The van der Waals surface area contributed by atoms with Crippen molar-refractivity contribution in [1.29, 1.82) is 0 Å². The third kappa shape index (κ3) is 3.67. The van der Waals surface area contributed by atoms with Crippen molar-refractivity contribution < 1.29 is 14.3 Å². The van der Waals surface area contributed by atoms with E-state index in [1.807, 2.05) is 25.1 Å². The molecule has 2 rings (SSSR count). The van der Waals surface area contributed by atoms with Crippen LogP contribution in [0.15, 0.2) is 24.4 Å². The minimum atomic E-state index is -0.181. The lowest BCUT2D eigenvalue weighted by molar-refractivity contribution is -0.142. The largest absolute Gasteiger partial charge is 0.466 e. The van der Waals surface area contributed by atoms with Crippen molar-refractivity contribution in [2.24, 2.45) is 0 Å². The van der Waals surface area contributed by atoms with Gasteiger partial charge < -0.3 is 14.6 Å². The number of hydrogen-bond acceptors (Lipinski definition) is 4. The molecule has 0 aliphatic carbocycles. The standard InChI is InChI=1S/C17H22N2O3/c1-3-8-19(9-7-17(21)22-4-2)14-5-6-16-15(10-14)13(12-20)11-18-16/h5-6,10-12,18H,3-4,7-9H2,1-2H3. The molecule has 1 aromatic carbocycles. The zero-order chi connectivity index (χ0) is 15.9. The third-order valence-electron chi connectivity index (χ3n) is 3.57. The fraction of sp³-hybridized carbons (Fsp3) is 0.412. The molecule has 0 unspecified atom stereocenters. The maximum atomic E-state index is 11.6. The quantitative estimate of drug-likeness (QED) is 0.601. The molecule has 0 fully saturated rings. The second kappa shape index (κ2) is 7.64. The zero-order valence-corrected chi connectivity index (χ0v) is 13.1. The monoisotopic (exact) mass is 302 g/mol. The second-order valence-corrected chi connectivity index (χ2v) is 5.13. The minimum Gasteiger partial charge on any atom is -0.466 e. The minimum absolute atomic E-state index is 0.181. The van der Waals surface area contributed by atoms with Gasteiger partial charge in [0.25, 0.3) is 0 Å². The van der Waals surface area contributed by atoms with E-state index < -0.39 is 0 Å². The first kappa shape index (κ1) is 16.1. The Balaban J connectivity index is 2.19. The molecule has 5 nitrogen and oxygen atoms in total. The Bertz CT molecular complexity index is 648. The molecule has 1 heterocycles. The Morgan fingerprint density at radius 2 is 2.14 bits per heavy atom. The summed E-state index contributed by atoms with van der Waals surface area (Å²) in [6, 6.07) is 5.97. The van der Waals surface area contributed by atoms with Crippen molar-refractivity contribution in [3.63, 3.8) is 0 Å². The first-order valence-electron chi connectivity index (χ1n) is 7.66. The van der Waals surface area contributed by atoms with Crippen molar-refractivity contribution in [1.82, 2.24) is 4.98 Å². The lowest BCUT2D eigenvalue weighted by atomic mass is 10.1. The van der Waals surface area contributed by atoms with Crippen LogP contribution in [-0.2, 0) is 9.53 Å². The number of nitrogens with zero attached hydrogens (tertiary/aromatic N) is 1. The summed E-state index contributed by atoms with van der Waals surface area (Å²) in [5, 5.41) is 0.907. The van der Waals surface area contributed by atoms with Crippen molar-refractivity contribution in [3.05, 3.63) is 30.0 Å². The number of carbonyl (C=O) groups is 2. The van der Waals surface area contributed by atoms with Gasteiger partial charge in [0.2, 0.25) is 0 Å². The second-order valence-electron chi connectivity index (χ2n) is 5.13. The molecule has 0 aliphatic rings. The van der Waals surface area contributed by atoms with E-state index >= 15 is 0 Å². The number of ether oxygens (including phenoxy) is 1. The van der Waals surface area contributed by atoms with Crippen LogP contribution in [0.2, 0.25) is 0 Å². The van der Waals surface area contributed by atoms with Crippen LogP contribution >= 0.6 is 0 Å². The van der Waals surface area contributed by atoms with Crippen molar-refractivity contribution in [2.45, 2.75) is 26.7 Å². The number of anilines is 1. The summed E-state index contributed by atoms with van der Waals surface area (Å²) in [5.74, 6) is -0.181. The van der Waals surface area contributed by atoms with Gasteiger partial charge >= 0.3 is 5.97 Å². The SMILES string of the molecule is CCCN(CCC(=O)OCC)c1ccc2[nH]cc(C=O)c2c1. The highest BCUT2D eigenvalue weighted by Gasteiger charge is 2.11. The summed E-state index contributed by atoms with van der Waals surface area (Å²) in [5.41, 5.74) is 2.60. The highest BCUT2D eigenvalue weighted by molar-refractivity contribution is 5.98. The van der Waals surface area contributed by atoms with E-state index in [4.69, 9.17) is 4.74 Å². The molecule has 2 aromatic rings. The van der Waals surface area contributed by atoms with E-state index in [1.165, 1.54) is 0 Å². The highest BCUT2D eigenvalue weighted by atomic mass is 16.5. The number of nitrogens with one attached hydrogen (secondary N) is 1. The summed E-state index contributed by atoms with van der Waals surface area (Å²) in [4.78, 5) is 27.9.